The number of aromatic nitrogens is 1. The second-order valence-electron chi connectivity index (χ2n) is 5.74. The Labute approximate surface area is 157 Å². The predicted molar refractivity (Wildman–Crippen MR) is 108 cm³/mol. The molecule has 0 aliphatic heterocycles. The van der Waals surface area contributed by atoms with Gasteiger partial charge in [-0.2, -0.15) is 0 Å². The van der Waals surface area contributed by atoms with Gasteiger partial charge in [0, 0.05) is 11.8 Å². The van der Waals surface area contributed by atoms with Crippen molar-refractivity contribution in [2.24, 2.45) is 10.7 Å². The third-order valence-corrected chi connectivity index (χ3v) is 4.81. The maximum Gasteiger partial charge on any atom is 0.193 e. The molecule has 0 amide bonds. The monoisotopic (exact) mass is 366 g/mol. The van der Waals surface area contributed by atoms with Crippen molar-refractivity contribution in [2.75, 3.05) is 12.4 Å². The van der Waals surface area contributed by atoms with Crippen LogP contribution < -0.4 is 15.8 Å². The summed E-state index contributed by atoms with van der Waals surface area (Å²) in [5.74, 6) is 1.07. The van der Waals surface area contributed by atoms with Crippen LogP contribution in [0.25, 0.3) is 0 Å². The topological polar surface area (TPSA) is 72.5 Å². The SMILES string of the molecule is COc1ccccc1NC(N)=NCc1csc(CCc2ccccc2)n1. The van der Waals surface area contributed by atoms with Crippen molar-refractivity contribution in [1.82, 2.24) is 4.98 Å². The molecule has 0 spiro atoms. The molecule has 6 heteroatoms. The molecule has 3 N–H and O–H groups in total. The molecule has 0 bridgehead atoms. The third-order valence-electron chi connectivity index (χ3n) is 3.85. The first-order chi connectivity index (χ1) is 12.7. The summed E-state index contributed by atoms with van der Waals surface area (Å²) in [7, 11) is 1.63. The molecular formula is C20H22N4OS. The number of anilines is 1. The molecule has 3 aromatic rings. The molecule has 0 fully saturated rings. The maximum absolute atomic E-state index is 5.98. The average Bonchev–Trinajstić information content (AvgIpc) is 3.14. The van der Waals surface area contributed by atoms with E-state index in [9.17, 15) is 0 Å². The number of methoxy groups -OCH3 is 1. The number of thiazole rings is 1. The van der Waals surface area contributed by atoms with Crippen molar-refractivity contribution in [3.8, 4) is 5.75 Å². The molecule has 0 saturated heterocycles. The lowest BCUT2D eigenvalue weighted by molar-refractivity contribution is 0.417. The van der Waals surface area contributed by atoms with Crippen LogP contribution in [-0.4, -0.2) is 18.1 Å². The van der Waals surface area contributed by atoms with Gasteiger partial charge in [-0.15, -0.1) is 11.3 Å². The van der Waals surface area contributed by atoms with Gasteiger partial charge in [-0.1, -0.05) is 42.5 Å². The first-order valence-electron chi connectivity index (χ1n) is 8.42. The highest BCUT2D eigenvalue weighted by Crippen LogP contribution is 2.22. The summed E-state index contributed by atoms with van der Waals surface area (Å²) < 4.78 is 5.29. The van der Waals surface area contributed by atoms with E-state index in [4.69, 9.17) is 10.5 Å². The lowest BCUT2D eigenvalue weighted by atomic mass is 10.1. The number of nitrogens with two attached hydrogens (primary N) is 1. The van der Waals surface area contributed by atoms with Gasteiger partial charge < -0.3 is 15.8 Å². The Kier molecular flexibility index (Phi) is 6.22. The number of aliphatic imine (C=N–C) groups is 1. The molecule has 3 rings (SSSR count). The fourth-order valence-corrected chi connectivity index (χ4v) is 3.31. The zero-order valence-corrected chi connectivity index (χ0v) is 15.5. The van der Waals surface area contributed by atoms with Crippen LogP contribution in [0.1, 0.15) is 16.3 Å². The molecule has 0 radical (unpaired) electrons. The third kappa shape index (κ3) is 5.07. The molecule has 0 aliphatic carbocycles. The van der Waals surface area contributed by atoms with E-state index >= 15 is 0 Å². The van der Waals surface area contributed by atoms with Crippen molar-refractivity contribution in [3.05, 3.63) is 76.2 Å². The molecule has 1 aromatic heterocycles. The Bertz CT molecular complexity index is 861. The van der Waals surface area contributed by atoms with Crippen LogP contribution in [0.4, 0.5) is 5.69 Å². The van der Waals surface area contributed by atoms with Gasteiger partial charge in [0.2, 0.25) is 0 Å². The van der Waals surface area contributed by atoms with Crippen molar-refractivity contribution in [3.63, 3.8) is 0 Å². The standard InChI is InChI=1S/C20H22N4OS/c1-25-18-10-6-5-9-17(18)24-20(21)22-13-16-14-26-19(23-16)12-11-15-7-3-2-4-8-15/h2-10,14H,11-13H2,1H3,(H3,21,22,24). The summed E-state index contributed by atoms with van der Waals surface area (Å²) in [5, 5.41) is 6.23. The molecule has 2 aromatic carbocycles. The van der Waals surface area contributed by atoms with E-state index in [-0.39, 0.29) is 0 Å². The van der Waals surface area contributed by atoms with Crippen LogP contribution >= 0.6 is 11.3 Å². The molecule has 26 heavy (non-hydrogen) atoms. The van der Waals surface area contributed by atoms with Crippen molar-refractivity contribution >= 4 is 23.0 Å². The van der Waals surface area contributed by atoms with Gasteiger partial charge >= 0.3 is 0 Å². The number of hydrogen-bond donors (Lipinski definition) is 2. The zero-order valence-electron chi connectivity index (χ0n) is 14.7. The number of aryl methyl sites for hydroxylation is 2. The second kappa shape index (κ2) is 9.01. The van der Waals surface area contributed by atoms with E-state index in [0.717, 1.165) is 35.0 Å². The number of ether oxygens (including phenoxy) is 1. The Balaban J connectivity index is 1.54. The van der Waals surface area contributed by atoms with Crippen molar-refractivity contribution in [2.45, 2.75) is 19.4 Å². The highest BCUT2D eigenvalue weighted by atomic mass is 32.1. The van der Waals surface area contributed by atoms with Crippen LogP contribution in [0.2, 0.25) is 0 Å². The summed E-state index contributed by atoms with van der Waals surface area (Å²) >= 11 is 1.67. The first kappa shape index (κ1) is 17.9. The molecule has 0 atom stereocenters. The number of guanidine groups is 1. The van der Waals surface area contributed by atoms with E-state index in [2.05, 4.69) is 39.6 Å². The highest BCUT2D eigenvalue weighted by molar-refractivity contribution is 7.09. The second-order valence-corrected chi connectivity index (χ2v) is 6.69. The number of nitrogens with zero attached hydrogens (tertiary/aromatic N) is 2. The molecule has 0 aliphatic rings. The quantitative estimate of drug-likeness (QED) is 0.492. The van der Waals surface area contributed by atoms with Gasteiger partial charge in [0.15, 0.2) is 5.96 Å². The Hall–Kier alpha value is -2.86. The van der Waals surface area contributed by atoms with Crippen LogP contribution in [-0.2, 0) is 19.4 Å². The normalized spacial score (nSPS) is 11.3. The van der Waals surface area contributed by atoms with E-state index in [1.807, 2.05) is 35.7 Å². The van der Waals surface area contributed by atoms with Crippen LogP contribution in [0.15, 0.2) is 65.0 Å². The Morgan fingerprint density at radius 1 is 1.12 bits per heavy atom. The van der Waals surface area contributed by atoms with Gasteiger partial charge in [-0.3, -0.25) is 0 Å². The van der Waals surface area contributed by atoms with Crippen LogP contribution in [0.5, 0.6) is 5.75 Å². The minimum absolute atomic E-state index is 0.341. The van der Waals surface area contributed by atoms with Gasteiger partial charge in [-0.05, 0) is 24.1 Å². The van der Waals surface area contributed by atoms with E-state index < -0.39 is 0 Å². The summed E-state index contributed by atoms with van der Waals surface area (Å²) in [6.45, 7) is 0.454. The zero-order chi connectivity index (χ0) is 18.2. The van der Waals surface area contributed by atoms with Crippen LogP contribution in [0, 0.1) is 0 Å². The first-order valence-corrected chi connectivity index (χ1v) is 9.29. The molecular weight excluding hydrogens is 344 g/mol. The summed E-state index contributed by atoms with van der Waals surface area (Å²) in [4.78, 5) is 9.01. The molecule has 1 heterocycles. The minimum Gasteiger partial charge on any atom is -0.495 e. The number of nitrogens with one attached hydrogen (secondary N) is 1. The van der Waals surface area contributed by atoms with Gasteiger partial charge in [0.05, 0.1) is 30.0 Å². The average molecular weight is 366 g/mol. The minimum atomic E-state index is 0.341. The van der Waals surface area contributed by atoms with Gasteiger partial charge in [0.1, 0.15) is 5.75 Å². The fraction of sp³-hybridized carbons (Fsp3) is 0.200. The van der Waals surface area contributed by atoms with E-state index in [1.165, 1.54) is 5.56 Å². The molecule has 0 saturated carbocycles. The Morgan fingerprint density at radius 3 is 2.69 bits per heavy atom. The van der Waals surface area contributed by atoms with Gasteiger partial charge in [0.25, 0.3) is 0 Å². The highest BCUT2D eigenvalue weighted by Gasteiger charge is 2.05. The van der Waals surface area contributed by atoms with E-state index in [0.29, 0.717) is 12.5 Å². The van der Waals surface area contributed by atoms with Gasteiger partial charge in [-0.25, -0.2) is 9.98 Å². The summed E-state index contributed by atoms with van der Waals surface area (Å²) in [5.41, 5.74) is 9.03. The fourth-order valence-electron chi connectivity index (χ4n) is 2.52. The lowest BCUT2D eigenvalue weighted by Crippen LogP contribution is -2.22. The van der Waals surface area contributed by atoms with Crippen molar-refractivity contribution < 1.29 is 4.74 Å². The summed E-state index contributed by atoms with van der Waals surface area (Å²) in [6, 6.07) is 18.0. The summed E-state index contributed by atoms with van der Waals surface area (Å²) in [6.07, 6.45) is 1.93. The number of hydrogen-bond acceptors (Lipinski definition) is 4. The maximum atomic E-state index is 5.98. The number of para-hydroxylation sites is 2. The van der Waals surface area contributed by atoms with E-state index in [1.54, 1.807) is 18.4 Å². The largest absolute Gasteiger partial charge is 0.495 e. The lowest BCUT2D eigenvalue weighted by Gasteiger charge is -2.09. The van der Waals surface area contributed by atoms with Crippen molar-refractivity contribution in [1.29, 1.82) is 0 Å². The number of benzene rings is 2. The molecule has 134 valence electrons. The predicted octanol–water partition coefficient (Wildman–Crippen LogP) is 3.86. The molecule has 0 unspecified atom stereocenters. The Morgan fingerprint density at radius 2 is 1.88 bits per heavy atom. The molecule has 5 nitrogen and oxygen atoms in total. The smallest absolute Gasteiger partial charge is 0.193 e. The van der Waals surface area contributed by atoms with Crippen LogP contribution in [0.3, 0.4) is 0 Å². The number of rotatable bonds is 7.